The molecule has 20 heteroatoms. The minimum atomic E-state index is -2.63. The Morgan fingerprint density at radius 1 is 0.982 bits per heavy atom. The molecule has 55 heavy (non-hydrogen) atoms. The number of carbonyl (C=O) groups is 7. The highest BCUT2D eigenvalue weighted by molar-refractivity contribution is 5.96. The molecule has 310 valence electrons. The van der Waals surface area contributed by atoms with E-state index in [4.69, 9.17) is 9.47 Å². The van der Waals surface area contributed by atoms with E-state index in [9.17, 15) is 49.0 Å². The lowest BCUT2D eigenvalue weighted by molar-refractivity contribution is -0.326. The Kier molecular flexibility index (Phi) is 14.6. The second-order valence-corrected chi connectivity index (χ2v) is 15.3. The standard InChI is InChI=1S/C35H58N8O12/c1-7-19(2)16-23-12-13-35(52,55-22(23)5)34(6,51)33(50)40-24-18-54-32(49)20(3)39-29(46)25-10-8-14-37-41(25)27(44)17-36-28(45)21(4)43(53)31(48)26-11-9-15-38-42(26)30(24)47/h19-26,37-38,51-53H,7-18H2,1-6H3,(H,36,45)(H,39,46)(H,40,50)/t19-,20+,21-,22+,23+,24-,25-,26+,34+,35+/m0/s1. The van der Waals surface area contributed by atoms with E-state index in [0.29, 0.717) is 31.7 Å². The Balaban J connectivity index is 1.63. The van der Waals surface area contributed by atoms with Crippen LogP contribution in [-0.4, -0.2) is 146 Å². The molecule has 4 heterocycles. The van der Waals surface area contributed by atoms with Crippen LogP contribution in [0.25, 0.3) is 0 Å². The number of fused-ring (bicyclic) bond motifs is 2. The quantitative estimate of drug-likeness (QED) is 0.106. The van der Waals surface area contributed by atoms with E-state index in [0.717, 1.165) is 29.8 Å². The van der Waals surface area contributed by atoms with Crippen molar-refractivity contribution in [1.29, 1.82) is 0 Å². The lowest BCUT2D eigenvalue weighted by Gasteiger charge is -2.47. The number of hydrazine groups is 2. The maximum absolute atomic E-state index is 14.2. The Bertz CT molecular complexity index is 1470. The summed E-state index contributed by atoms with van der Waals surface area (Å²) in [6.45, 7) is 8.53. The molecule has 0 aromatic heterocycles. The Morgan fingerprint density at radius 2 is 1.62 bits per heavy atom. The van der Waals surface area contributed by atoms with Crippen LogP contribution in [0.15, 0.2) is 0 Å². The summed E-state index contributed by atoms with van der Waals surface area (Å²) in [6.07, 6.45) is 2.64. The van der Waals surface area contributed by atoms with Crippen molar-refractivity contribution in [3.63, 3.8) is 0 Å². The monoisotopic (exact) mass is 782 g/mol. The number of hydrogen-bond donors (Lipinski definition) is 8. The van der Waals surface area contributed by atoms with Gasteiger partial charge in [-0.3, -0.25) is 44.0 Å². The summed E-state index contributed by atoms with van der Waals surface area (Å²) in [7, 11) is 0. The Labute approximate surface area is 320 Å². The van der Waals surface area contributed by atoms with Crippen molar-refractivity contribution in [2.24, 2.45) is 11.8 Å². The normalized spacial score (nSPS) is 34.1. The third kappa shape index (κ3) is 9.90. The molecule has 20 nitrogen and oxygen atoms in total. The number of cyclic esters (lactones) is 1. The maximum atomic E-state index is 14.2. The first-order valence-corrected chi connectivity index (χ1v) is 19.1. The summed E-state index contributed by atoms with van der Waals surface area (Å²) in [5, 5.41) is 43.3. The van der Waals surface area contributed by atoms with Gasteiger partial charge in [0, 0.05) is 19.5 Å². The van der Waals surface area contributed by atoms with E-state index in [1.54, 1.807) is 6.92 Å². The van der Waals surface area contributed by atoms with Gasteiger partial charge in [0.05, 0.1) is 12.6 Å². The summed E-state index contributed by atoms with van der Waals surface area (Å²) >= 11 is 0. The van der Waals surface area contributed by atoms with Crippen LogP contribution in [0.2, 0.25) is 0 Å². The number of nitrogens with zero attached hydrogens (tertiary/aromatic N) is 3. The Hall–Kier alpha value is -3.95. The van der Waals surface area contributed by atoms with Gasteiger partial charge < -0.3 is 35.6 Å². The van der Waals surface area contributed by atoms with Crippen molar-refractivity contribution in [3.8, 4) is 0 Å². The molecule has 4 aliphatic heterocycles. The van der Waals surface area contributed by atoms with Crippen LogP contribution in [-0.2, 0) is 43.0 Å². The molecule has 0 aromatic carbocycles. The van der Waals surface area contributed by atoms with Crippen LogP contribution in [0.1, 0.15) is 92.9 Å². The number of esters is 1. The third-order valence-corrected chi connectivity index (χ3v) is 11.2. The van der Waals surface area contributed by atoms with Gasteiger partial charge in [-0.15, -0.1) is 0 Å². The summed E-state index contributed by atoms with van der Waals surface area (Å²) in [5.74, 6) is -8.62. The number of carbonyl (C=O) groups excluding carboxylic acids is 7. The van der Waals surface area contributed by atoms with E-state index in [2.05, 4.69) is 40.6 Å². The number of ether oxygens (including phenoxy) is 2. The molecular weight excluding hydrogens is 724 g/mol. The van der Waals surface area contributed by atoms with E-state index in [1.165, 1.54) is 13.8 Å². The van der Waals surface area contributed by atoms with E-state index in [-0.39, 0.29) is 36.8 Å². The number of nitrogens with one attached hydrogen (secondary N) is 5. The van der Waals surface area contributed by atoms with Crippen LogP contribution >= 0.6 is 0 Å². The molecular formula is C35H58N8O12. The molecule has 0 radical (unpaired) electrons. The summed E-state index contributed by atoms with van der Waals surface area (Å²) in [4.78, 5) is 94.4. The number of hydrogen-bond acceptors (Lipinski definition) is 14. The van der Waals surface area contributed by atoms with Crippen LogP contribution in [0.3, 0.4) is 0 Å². The van der Waals surface area contributed by atoms with Crippen LogP contribution < -0.4 is 26.8 Å². The maximum Gasteiger partial charge on any atom is 0.328 e. The van der Waals surface area contributed by atoms with Gasteiger partial charge in [0.2, 0.25) is 17.6 Å². The van der Waals surface area contributed by atoms with Gasteiger partial charge in [-0.05, 0) is 78.1 Å². The SMILES string of the molecule is CC[C@H](C)C[C@H]1CC[C@](O)([C@](C)(O)C(=O)N[C@H]2COC(=O)[C@@H](C)NC(=O)[C@@H]3CCCNN3C(=O)CNC(=O)[C@H](C)N(O)C(=O)[C@H]3CCCNN3C2=O)O[C@@H]1C. The number of aliphatic hydroxyl groups is 2. The fraction of sp³-hybridized carbons (Fsp3) is 0.800. The molecule has 10 atom stereocenters. The molecule has 6 amide bonds. The second kappa shape index (κ2) is 18.3. The van der Waals surface area contributed by atoms with Crippen molar-refractivity contribution < 1.29 is 58.5 Å². The van der Waals surface area contributed by atoms with Crippen molar-refractivity contribution in [3.05, 3.63) is 0 Å². The zero-order valence-electron chi connectivity index (χ0n) is 32.5. The number of rotatable bonds is 6. The molecule has 4 rings (SSSR count). The molecule has 4 saturated heterocycles. The molecule has 0 aromatic rings. The molecule has 0 bridgehead atoms. The summed E-state index contributed by atoms with van der Waals surface area (Å²) < 4.78 is 11.3. The zero-order chi connectivity index (χ0) is 40.8. The fourth-order valence-electron chi connectivity index (χ4n) is 7.20. The predicted octanol–water partition coefficient (Wildman–Crippen LogP) is -2.06. The van der Waals surface area contributed by atoms with Gasteiger partial charge in [-0.1, -0.05) is 20.3 Å². The molecule has 0 aliphatic carbocycles. The average molecular weight is 783 g/mol. The van der Waals surface area contributed by atoms with Gasteiger partial charge >= 0.3 is 5.97 Å². The lowest BCUT2D eigenvalue weighted by Crippen LogP contribution is -2.69. The fourth-order valence-corrected chi connectivity index (χ4v) is 7.20. The molecule has 0 saturated carbocycles. The second-order valence-electron chi connectivity index (χ2n) is 15.3. The van der Waals surface area contributed by atoms with Crippen molar-refractivity contribution in [2.75, 3.05) is 26.2 Å². The van der Waals surface area contributed by atoms with Gasteiger partial charge in [-0.25, -0.2) is 20.7 Å². The average Bonchev–Trinajstić information content (AvgIpc) is 3.17. The summed E-state index contributed by atoms with van der Waals surface area (Å²) in [6, 6.07) is -7.14. The third-order valence-electron chi connectivity index (χ3n) is 11.2. The van der Waals surface area contributed by atoms with Crippen LogP contribution in [0.5, 0.6) is 0 Å². The van der Waals surface area contributed by atoms with E-state index in [1.807, 2.05) is 0 Å². The first-order chi connectivity index (χ1) is 25.8. The first-order valence-electron chi connectivity index (χ1n) is 19.1. The van der Waals surface area contributed by atoms with Crippen LogP contribution in [0.4, 0.5) is 0 Å². The molecule has 8 N–H and O–H groups in total. The highest BCUT2D eigenvalue weighted by atomic mass is 16.6. The topological polar surface area (TPSA) is 269 Å². The highest BCUT2D eigenvalue weighted by Crippen LogP contribution is 2.40. The van der Waals surface area contributed by atoms with Crippen molar-refractivity contribution in [2.45, 2.75) is 141 Å². The lowest BCUT2D eigenvalue weighted by atomic mass is 9.79. The molecule has 0 unspecified atom stereocenters. The van der Waals surface area contributed by atoms with Crippen molar-refractivity contribution >= 4 is 41.4 Å². The minimum Gasteiger partial charge on any atom is -0.461 e. The molecule has 4 aliphatic rings. The van der Waals surface area contributed by atoms with Crippen molar-refractivity contribution in [1.82, 2.24) is 41.9 Å². The van der Waals surface area contributed by atoms with Gasteiger partial charge in [0.25, 0.3) is 23.6 Å². The number of hydroxylamine groups is 2. The van der Waals surface area contributed by atoms with E-state index >= 15 is 0 Å². The smallest absolute Gasteiger partial charge is 0.328 e. The largest absolute Gasteiger partial charge is 0.461 e. The van der Waals surface area contributed by atoms with Gasteiger partial charge in [-0.2, -0.15) is 0 Å². The Morgan fingerprint density at radius 3 is 2.25 bits per heavy atom. The predicted molar refractivity (Wildman–Crippen MR) is 190 cm³/mol. The highest BCUT2D eigenvalue weighted by Gasteiger charge is 2.56. The number of amides is 6. The van der Waals surface area contributed by atoms with Gasteiger partial charge in [0.1, 0.15) is 36.8 Å². The van der Waals surface area contributed by atoms with E-state index < -0.39 is 102 Å². The minimum absolute atomic E-state index is 0.00794. The zero-order valence-corrected chi connectivity index (χ0v) is 32.5. The van der Waals surface area contributed by atoms with Crippen LogP contribution in [0, 0.1) is 11.8 Å². The summed E-state index contributed by atoms with van der Waals surface area (Å²) in [5.41, 5.74) is 2.94. The first kappa shape index (κ1) is 43.8. The molecule has 4 fully saturated rings. The molecule has 0 spiro atoms. The van der Waals surface area contributed by atoms with Gasteiger partial charge in [0.15, 0.2) is 5.60 Å².